The Hall–Kier alpha value is -2.82. The Labute approximate surface area is 167 Å². The molecule has 1 unspecified atom stereocenters. The van der Waals surface area contributed by atoms with Crippen molar-refractivity contribution < 1.29 is 9.90 Å². The third-order valence-corrected chi connectivity index (χ3v) is 5.36. The van der Waals surface area contributed by atoms with Crippen LogP contribution in [0.25, 0.3) is 0 Å². The van der Waals surface area contributed by atoms with Crippen molar-refractivity contribution in [2.24, 2.45) is 5.10 Å². The van der Waals surface area contributed by atoms with Gasteiger partial charge in [0.1, 0.15) is 0 Å². The highest BCUT2D eigenvalue weighted by Gasteiger charge is 2.37. The van der Waals surface area contributed by atoms with Crippen molar-refractivity contribution in [1.29, 1.82) is 0 Å². The fraction of sp³-hybridized carbons (Fsp3) is 0.391. The second kappa shape index (κ2) is 7.66. The summed E-state index contributed by atoms with van der Waals surface area (Å²) in [6, 6.07) is 13.5. The Kier molecular flexibility index (Phi) is 5.45. The maximum absolute atomic E-state index is 10.9. The molecule has 0 saturated carbocycles. The van der Waals surface area contributed by atoms with Gasteiger partial charge in [-0.05, 0) is 87.6 Å². The van der Waals surface area contributed by atoms with Crippen LogP contribution in [0.3, 0.4) is 0 Å². The maximum Gasteiger partial charge on any atom is 0.335 e. The van der Waals surface area contributed by atoms with Gasteiger partial charge in [-0.25, -0.2) is 4.79 Å². The van der Waals surface area contributed by atoms with Gasteiger partial charge in [0, 0.05) is 17.3 Å². The summed E-state index contributed by atoms with van der Waals surface area (Å²) in [6.45, 7) is 11.4. The Bertz CT molecular complexity index is 885. The molecule has 0 amide bonds. The predicted octanol–water partition coefficient (Wildman–Crippen LogP) is 5.33. The molecular formula is C23H29N3O2. The average molecular weight is 380 g/mol. The molecule has 3 rings (SSSR count). The Balaban J connectivity index is 1.79. The van der Waals surface area contributed by atoms with Gasteiger partial charge >= 0.3 is 5.97 Å². The van der Waals surface area contributed by atoms with Gasteiger partial charge in [0.25, 0.3) is 0 Å². The van der Waals surface area contributed by atoms with Crippen LogP contribution < -0.4 is 10.3 Å². The number of rotatable bonds is 5. The van der Waals surface area contributed by atoms with Crippen LogP contribution in [0.2, 0.25) is 0 Å². The smallest absolute Gasteiger partial charge is 0.335 e. The van der Waals surface area contributed by atoms with Gasteiger partial charge < -0.3 is 10.0 Å². The first-order chi connectivity index (χ1) is 13.2. The first kappa shape index (κ1) is 19.9. The lowest BCUT2D eigenvalue weighted by Crippen LogP contribution is -2.51. The van der Waals surface area contributed by atoms with Crippen molar-refractivity contribution in [2.45, 2.75) is 58.5 Å². The van der Waals surface area contributed by atoms with Crippen LogP contribution in [0.1, 0.15) is 68.4 Å². The van der Waals surface area contributed by atoms with Crippen molar-refractivity contribution in [2.75, 3.05) is 10.3 Å². The Morgan fingerprint density at radius 1 is 1.25 bits per heavy atom. The van der Waals surface area contributed by atoms with E-state index in [2.05, 4.69) is 68.2 Å². The minimum Gasteiger partial charge on any atom is -0.478 e. The fourth-order valence-electron chi connectivity index (χ4n) is 4.40. The van der Waals surface area contributed by atoms with E-state index in [0.29, 0.717) is 12.0 Å². The average Bonchev–Trinajstić information content (AvgIpc) is 2.61. The van der Waals surface area contributed by atoms with Crippen LogP contribution in [0.15, 0.2) is 47.6 Å². The molecule has 0 bridgehead atoms. The van der Waals surface area contributed by atoms with E-state index in [1.54, 1.807) is 30.5 Å². The van der Waals surface area contributed by atoms with Gasteiger partial charge in [0.15, 0.2) is 0 Å². The van der Waals surface area contributed by atoms with Crippen LogP contribution >= 0.6 is 0 Å². The third kappa shape index (κ3) is 4.03. The van der Waals surface area contributed by atoms with E-state index in [1.807, 2.05) is 0 Å². The Morgan fingerprint density at radius 2 is 1.93 bits per heavy atom. The number of hydrogen-bond acceptors (Lipinski definition) is 4. The second-order valence-corrected chi connectivity index (χ2v) is 8.45. The number of aromatic carboxylic acids is 1. The molecule has 1 aliphatic rings. The molecule has 1 atom stereocenters. The molecule has 0 aliphatic carbocycles. The summed E-state index contributed by atoms with van der Waals surface area (Å²) in [4.78, 5) is 13.4. The summed E-state index contributed by atoms with van der Waals surface area (Å²) in [6.07, 6.45) is 2.92. The quantitative estimate of drug-likeness (QED) is 0.544. The summed E-state index contributed by atoms with van der Waals surface area (Å²) in [5.41, 5.74) is 7.83. The number of anilines is 2. The van der Waals surface area contributed by atoms with Crippen LogP contribution in [0.4, 0.5) is 11.4 Å². The number of nitrogens with one attached hydrogen (secondary N) is 1. The van der Waals surface area contributed by atoms with Gasteiger partial charge in [0.2, 0.25) is 0 Å². The highest BCUT2D eigenvalue weighted by Crippen LogP contribution is 2.44. The van der Waals surface area contributed by atoms with E-state index in [4.69, 9.17) is 5.11 Å². The van der Waals surface area contributed by atoms with E-state index in [0.717, 1.165) is 17.7 Å². The molecule has 148 valence electrons. The molecule has 0 saturated heterocycles. The first-order valence-corrected chi connectivity index (χ1v) is 9.75. The molecule has 0 fully saturated rings. The van der Waals surface area contributed by atoms with E-state index >= 15 is 0 Å². The number of carboxylic acid groups (broad SMARTS) is 1. The summed E-state index contributed by atoms with van der Waals surface area (Å²) < 4.78 is 0. The number of benzene rings is 2. The van der Waals surface area contributed by atoms with Gasteiger partial charge in [-0.2, -0.15) is 5.10 Å². The van der Waals surface area contributed by atoms with Crippen LogP contribution in [-0.2, 0) is 0 Å². The highest BCUT2D eigenvalue weighted by atomic mass is 16.4. The summed E-state index contributed by atoms with van der Waals surface area (Å²) in [5, 5.41) is 13.3. The second-order valence-electron chi connectivity index (χ2n) is 8.45. The maximum atomic E-state index is 10.9. The summed E-state index contributed by atoms with van der Waals surface area (Å²) >= 11 is 0. The number of carboxylic acids is 1. The molecule has 1 aliphatic heterocycles. The molecule has 2 aromatic rings. The van der Waals surface area contributed by atoms with Gasteiger partial charge in [-0.15, -0.1) is 0 Å². The normalized spacial score (nSPS) is 18.4. The van der Waals surface area contributed by atoms with Crippen molar-refractivity contribution in [1.82, 2.24) is 0 Å². The minimum atomic E-state index is -0.933. The number of carbonyl (C=O) groups is 1. The van der Waals surface area contributed by atoms with Crippen LogP contribution in [-0.4, -0.2) is 28.9 Å². The first-order valence-electron chi connectivity index (χ1n) is 9.75. The van der Waals surface area contributed by atoms with Gasteiger partial charge in [0.05, 0.1) is 17.5 Å². The van der Waals surface area contributed by atoms with E-state index in [1.165, 1.54) is 11.3 Å². The molecule has 2 aromatic carbocycles. The molecule has 5 nitrogen and oxygen atoms in total. The number of hydrazone groups is 1. The number of fused-ring (bicyclic) bond motifs is 1. The fourth-order valence-corrected chi connectivity index (χ4v) is 4.40. The predicted molar refractivity (Wildman–Crippen MR) is 116 cm³/mol. The van der Waals surface area contributed by atoms with Gasteiger partial charge in [-0.1, -0.05) is 13.0 Å². The van der Waals surface area contributed by atoms with Crippen molar-refractivity contribution in [3.63, 3.8) is 0 Å². The topological polar surface area (TPSA) is 64.9 Å². The number of nitrogens with zero attached hydrogens (tertiary/aromatic N) is 2. The van der Waals surface area contributed by atoms with E-state index in [9.17, 15) is 4.79 Å². The standard InChI is InChI=1S/C23H29N3O2/c1-15(2)26-21-11-6-17(12-20(21)16(3)13-23(26,4)5)14-24-25-19-9-7-18(8-10-19)22(27)28/h6-12,14-16,25H,13H2,1-5H3,(H,27,28)/b24-14-. The zero-order valence-electron chi connectivity index (χ0n) is 17.2. The van der Waals surface area contributed by atoms with Gasteiger partial charge in [-0.3, -0.25) is 5.43 Å². The SMILES string of the molecule is CC1CC(C)(C)N(C(C)C)c2ccc(/C=N\Nc3ccc(C(=O)O)cc3)cc21. The van der Waals surface area contributed by atoms with Crippen LogP contribution in [0.5, 0.6) is 0 Å². The lowest BCUT2D eigenvalue weighted by Gasteiger charge is -2.50. The zero-order chi connectivity index (χ0) is 20.5. The molecule has 1 heterocycles. The van der Waals surface area contributed by atoms with Crippen LogP contribution in [0, 0.1) is 0 Å². The zero-order valence-corrected chi connectivity index (χ0v) is 17.2. The molecule has 28 heavy (non-hydrogen) atoms. The third-order valence-electron chi connectivity index (χ3n) is 5.36. The summed E-state index contributed by atoms with van der Waals surface area (Å²) in [5.74, 6) is -0.443. The van der Waals surface area contributed by atoms with Crippen molar-refractivity contribution in [3.8, 4) is 0 Å². The molecule has 0 spiro atoms. The minimum absolute atomic E-state index is 0.139. The molecule has 2 N–H and O–H groups in total. The summed E-state index contributed by atoms with van der Waals surface area (Å²) in [7, 11) is 0. The lowest BCUT2D eigenvalue weighted by molar-refractivity contribution is 0.0697. The van der Waals surface area contributed by atoms with E-state index < -0.39 is 5.97 Å². The molecule has 0 radical (unpaired) electrons. The Morgan fingerprint density at radius 3 is 2.54 bits per heavy atom. The highest BCUT2D eigenvalue weighted by molar-refractivity contribution is 5.88. The lowest BCUT2D eigenvalue weighted by atomic mass is 9.79. The molecule has 0 aromatic heterocycles. The van der Waals surface area contributed by atoms with E-state index in [-0.39, 0.29) is 11.1 Å². The molecule has 5 heteroatoms. The van der Waals surface area contributed by atoms with Crippen molar-refractivity contribution >= 4 is 23.6 Å². The largest absolute Gasteiger partial charge is 0.478 e. The van der Waals surface area contributed by atoms with Crippen molar-refractivity contribution in [3.05, 3.63) is 59.2 Å². The molecular weight excluding hydrogens is 350 g/mol. The monoisotopic (exact) mass is 379 g/mol. The number of hydrogen-bond donors (Lipinski definition) is 2.